The number of anilines is 1. The van der Waals surface area contributed by atoms with Crippen LogP contribution in [0.25, 0.3) is 0 Å². The Morgan fingerprint density at radius 2 is 1.64 bits per heavy atom. The first-order valence-corrected chi connectivity index (χ1v) is 12.2. The molecular weight excluding hydrogens is 552 g/mol. The standard InChI is InChI=1S/C20H16Cl5N5O2S/c1-9(26-19(32)12-4-3-10(21)5-13(12)23)18-28-29-20(30(18)2)33-8-16(31)27-17-14(24)6-11(22)7-15(17)25/h3-7,9H,8H2,1-2H3,(H,26,32)(H,27,31)/t9-/m0/s1. The van der Waals surface area contributed by atoms with Crippen molar-refractivity contribution in [3.05, 3.63) is 66.8 Å². The quantitative estimate of drug-likeness (QED) is 0.327. The first-order chi connectivity index (χ1) is 15.6. The summed E-state index contributed by atoms with van der Waals surface area (Å²) in [5.41, 5.74) is 0.574. The molecule has 33 heavy (non-hydrogen) atoms. The average molecular weight is 568 g/mol. The van der Waals surface area contributed by atoms with Gasteiger partial charge in [0.1, 0.15) is 0 Å². The van der Waals surface area contributed by atoms with Crippen LogP contribution in [0.3, 0.4) is 0 Å². The smallest absolute Gasteiger partial charge is 0.253 e. The van der Waals surface area contributed by atoms with E-state index in [1.54, 1.807) is 30.7 Å². The summed E-state index contributed by atoms with van der Waals surface area (Å²) in [6.07, 6.45) is 0. The van der Waals surface area contributed by atoms with Gasteiger partial charge in [-0.1, -0.05) is 69.8 Å². The summed E-state index contributed by atoms with van der Waals surface area (Å²) in [5, 5.41) is 15.7. The highest BCUT2D eigenvalue weighted by Crippen LogP contribution is 2.34. The minimum atomic E-state index is -0.475. The van der Waals surface area contributed by atoms with Gasteiger partial charge in [-0.05, 0) is 37.3 Å². The molecule has 1 aromatic heterocycles. The Morgan fingerprint density at radius 3 is 2.27 bits per heavy atom. The Hall–Kier alpha value is -1.68. The molecule has 3 aromatic rings. The third kappa shape index (κ3) is 6.47. The predicted octanol–water partition coefficient (Wildman–Crippen LogP) is 6.30. The van der Waals surface area contributed by atoms with E-state index in [0.717, 1.165) is 11.8 Å². The summed E-state index contributed by atoms with van der Waals surface area (Å²) < 4.78 is 1.69. The number of halogens is 5. The largest absolute Gasteiger partial charge is 0.342 e. The third-order valence-corrected chi connectivity index (χ3v) is 6.77. The second-order valence-corrected chi connectivity index (χ2v) is 9.84. The molecular formula is C20H16Cl5N5O2S. The lowest BCUT2D eigenvalue weighted by Gasteiger charge is -2.14. The fourth-order valence-corrected chi connectivity index (χ4v) is 4.93. The van der Waals surface area contributed by atoms with Gasteiger partial charge >= 0.3 is 0 Å². The van der Waals surface area contributed by atoms with Gasteiger partial charge in [0, 0.05) is 17.1 Å². The van der Waals surface area contributed by atoms with Crippen LogP contribution < -0.4 is 10.6 Å². The Balaban J connectivity index is 1.62. The number of benzene rings is 2. The van der Waals surface area contributed by atoms with E-state index in [1.165, 1.54) is 18.2 Å². The van der Waals surface area contributed by atoms with Gasteiger partial charge in [-0.15, -0.1) is 10.2 Å². The minimum absolute atomic E-state index is 0.0301. The van der Waals surface area contributed by atoms with Crippen LogP contribution >= 0.6 is 69.8 Å². The monoisotopic (exact) mass is 565 g/mol. The van der Waals surface area contributed by atoms with Crippen LogP contribution in [0.2, 0.25) is 25.1 Å². The molecule has 0 fully saturated rings. The molecule has 0 spiro atoms. The summed E-state index contributed by atoms with van der Waals surface area (Å²) in [6.45, 7) is 1.76. The number of carbonyl (C=O) groups is 2. The van der Waals surface area contributed by atoms with Crippen LogP contribution in [0.4, 0.5) is 5.69 Å². The SMILES string of the molecule is C[C@H](NC(=O)c1ccc(Cl)cc1Cl)c1nnc(SCC(=O)Nc2c(Cl)cc(Cl)cc2Cl)n1C. The predicted molar refractivity (Wildman–Crippen MR) is 134 cm³/mol. The summed E-state index contributed by atoms with van der Waals surface area (Å²) in [7, 11) is 1.74. The number of thioether (sulfide) groups is 1. The molecule has 1 atom stereocenters. The number of hydrogen-bond donors (Lipinski definition) is 2. The van der Waals surface area contributed by atoms with Gasteiger partial charge in [0.05, 0.1) is 38.1 Å². The Kier molecular flexibility index (Phi) is 8.77. The molecule has 0 aliphatic heterocycles. The molecule has 0 saturated carbocycles. The highest BCUT2D eigenvalue weighted by Gasteiger charge is 2.20. The van der Waals surface area contributed by atoms with Crippen molar-refractivity contribution in [3.63, 3.8) is 0 Å². The zero-order chi connectivity index (χ0) is 24.3. The van der Waals surface area contributed by atoms with Crippen LogP contribution in [-0.2, 0) is 11.8 Å². The Bertz CT molecular complexity index is 1200. The van der Waals surface area contributed by atoms with E-state index in [-0.39, 0.29) is 38.3 Å². The fraction of sp³-hybridized carbons (Fsp3) is 0.200. The number of aromatic nitrogens is 3. The maximum atomic E-state index is 12.6. The molecule has 0 aliphatic carbocycles. The maximum absolute atomic E-state index is 12.6. The van der Waals surface area contributed by atoms with Crippen molar-refractivity contribution in [1.29, 1.82) is 0 Å². The molecule has 7 nitrogen and oxygen atoms in total. The molecule has 3 rings (SSSR count). The highest BCUT2D eigenvalue weighted by molar-refractivity contribution is 7.99. The Morgan fingerprint density at radius 1 is 1.00 bits per heavy atom. The van der Waals surface area contributed by atoms with Crippen molar-refractivity contribution >= 4 is 87.3 Å². The molecule has 0 saturated heterocycles. The maximum Gasteiger partial charge on any atom is 0.253 e. The van der Waals surface area contributed by atoms with E-state index >= 15 is 0 Å². The second kappa shape index (κ2) is 11.2. The lowest BCUT2D eigenvalue weighted by atomic mass is 10.2. The van der Waals surface area contributed by atoms with Crippen LogP contribution in [0, 0.1) is 0 Å². The summed E-state index contributed by atoms with van der Waals surface area (Å²) in [6, 6.07) is 7.12. The summed E-state index contributed by atoms with van der Waals surface area (Å²) in [4.78, 5) is 24.9. The van der Waals surface area contributed by atoms with E-state index < -0.39 is 6.04 Å². The molecule has 2 aromatic carbocycles. The summed E-state index contributed by atoms with van der Waals surface area (Å²) >= 11 is 31.2. The van der Waals surface area contributed by atoms with Crippen molar-refractivity contribution in [1.82, 2.24) is 20.1 Å². The van der Waals surface area contributed by atoms with E-state index in [0.29, 0.717) is 26.6 Å². The number of carbonyl (C=O) groups excluding carboxylic acids is 2. The summed E-state index contributed by atoms with van der Waals surface area (Å²) in [5.74, 6) is -0.186. The van der Waals surface area contributed by atoms with Crippen molar-refractivity contribution in [3.8, 4) is 0 Å². The minimum Gasteiger partial charge on any atom is -0.342 e. The van der Waals surface area contributed by atoms with E-state index in [2.05, 4.69) is 20.8 Å². The molecule has 1 heterocycles. The molecule has 0 unspecified atom stereocenters. The fourth-order valence-electron chi connectivity index (χ4n) is 2.81. The lowest BCUT2D eigenvalue weighted by molar-refractivity contribution is -0.113. The van der Waals surface area contributed by atoms with Gasteiger partial charge < -0.3 is 15.2 Å². The van der Waals surface area contributed by atoms with Crippen LogP contribution in [-0.4, -0.2) is 32.3 Å². The number of nitrogens with one attached hydrogen (secondary N) is 2. The molecule has 0 aliphatic rings. The van der Waals surface area contributed by atoms with Gasteiger partial charge in [0.15, 0.2) is 11.0 Å². The zero-order valence-corrected chi connectivity index (χ0v) is 21.7. The van der Waals surface area contributed by atoms with Crippen molar-refractivity contribution in [2.24, 2.45) is 7.05 Å². The molecule has 174 valence electrons. The topological polar surface area (TPSA) is 88.9 Å². The van der Waals surface area contributed by atoms with Gasteiger partial charge in [0.25, 0.3) is 5.91 Å². The first kappa shape index (κ1) is 25.9. The van der Waals surface area contributed by atoms with Crippen LogP contribution in [0.1, 0.15) is 29.1 Å². The van der Waals surface area contributed by atoms with E-state index in [9.17, 15) is 9.59 Å². The van der Waals surface area contributed by atoms with E-state index in [4.69, 9.17) is 58.0 Å². The second-order valence-electron chi connectivity index (χ2n) is 6.80. The Labute approximate surface area is 219 Å². The number of amides is 2. The third-order valence-electron chi connectivity index (χ3n) is 4.38. The zero-order valence-electron chi connectivity index (χ0n) is 17.1. The first-order valence-electron chi connectivity index (χ1n) is 9.29. The molecule has 13 heteroatoms. The highest BCUT2D eigenvalue weighted by atomic mass is 35.5. The molecule has 0 radical (unpaired) electrons. The molecule has 0 bridgehead atoms. The number of nitrogens with zero attached hydrogens (tertiary/aromatic N) is 3. The van der Waals surface area contributed by atoms with Crippen molar-refractivity contribution in [2.75, 3.05) is 11.1 Å². The number of hydrogen-bond acceptors (Lipinski definition) is 5. The van der Waals surface area contributed by atoms with Gasteiger partial charge in [-0.2, -0.15) is 0 Å². The normalized spacial score (nSPS) is 11.8. The van der Waals surface area contributed by atoms with Crippen LogP contribution in [0.15, 0.2) is 35.5 Å². The van der Waals surface area contributed by atoms with Gasteiger partial charge in [-0.25, -0.2) is 0 Å². The van der Waals surface area contributed by atoms with Crippen molar-refractivity contribution < 1.29 is 9.59 Å². The molecule has 2 N–H and O–H groups in total. The van der Waals surface area contributed by atoms with Gasteiger partial charge in [-0.3, -0.25) is 9.59 Å². The number of rotatable bonds is 7. The van der Waals surface area contributed by atoms with Gasteiger partial charge in [0.2, 0.25) is 5.91 Å². The molecule has 2 amide bonds. The van der Waals surface area contributed by atoms with Crippen LogP contribution in [0.5, 0.6) is 0 Å². The lowest BCUT2D eigenvalue weighted by Crippen LogP contribution is -2.28. The average Bonchev–Trinajstić information content (AvgIpc) is 3.09. The van der Waals surface area contributed by atoms with E-state index in [1.807, 2.05) is 0 Å². The van der Waals surface area contributed by atoms with Crippen molar-refractivity contribution in [2.45, 2.75) is 18.1 Å².